The molecule has 0 spiro atoms. The quantitative estimate of drug-likeness (QED) is 0.772. The van der Waals surface area contributed by atoms with Gasteiger partial charge in [0.2, 0.25) is 5.13 Å². The molecule has 0 fully saturated rings. The van der Waals surface area contributed by atoms with Crippen LogP contribution in [0.2, 0.25) is 5.02 Å². The van der Waals surface area contributed by atoms with E-state index in [1.54, 1.807) is 30.3 Å². The first-order chi connectivity index (χ1) is 11.2. The van der Waals surface area contributed by atoms with E-state index in [2.05, 4.69) is 15.5 Å². The van der Waals surface area contributed by atoms with E-state index in [1.165, 1.54) is 18.4 Å². The zero-order chi connectivity index (χ0) is 16.2. The minimum absolute atomic E-state index is 0.302. The molecule has 5 nitrogen and oxygen atoms in total. The fourth-order valence-corrected chi connectivity index (χ4v) is 3.07. The lowest BCUT2D eigenvalue weighted by molar-refractivity contribution is 0.102. The smallest absolute Gasteiger partial charge is 0.261 e. The molecule has 3 rings (SSSR count). The van der Waals surface area contributed by atoms with Gasteiger partial charge in [0.1, 0.15) is 5.75 Å². The van der Waals surface area contributed by atoms with Gasteiger partial charge in [-0.05, 0) is 18.2 Å². The highest BCUT2D eigenvalue weighted by Crippen LogP contribution is 2.32. The Morgan fingerprint density at radius 2 is 1.87 bits per heavy atom. The number of nitrogens with one attached hydrogen (secondary N) is 1. The predicted octanol–water partition coefficient (Wildman–Crippen LogP) is 4.12. The number of halogens is 1. The number of aromatic nitrogens is 2. The van der Waals surface area contributed by atoms with E-state index >= 15 is 0 Å². The minimum atomic E-state index is -0.302. The van der Waals surface area contributed by atoms with Gasteiger partial charge in [-0.3, -0.25) is 10.1 Å². The maximum Gasteiger partial charge on any atom is 0.261 e. The van der Waals surface area contributed by atoms with Gasteiger partial charge < -0.3 is 4.74 Å². The van der Waals surface area contributed by atoms with Gasteiger partial charge in [0.25, 0.3) is 5.91 Å². The number of rotatable bonds is 4. The van der Waals surface area contributed by atoms with E-state index in [0.717, 1.165) is 5.56 Å². The Balaban J connectivity index is 1.82. The van der Waals surface area contributed by atoms with Gasteiger partial charge in [-0.15, -0.1) is 10.2 Å². The number of carbonyl (C=O) groups is 1. The van der Waals surface area contributed by atoms with Crippen LogP contribution in [-0.2, 0) is 0 Å². The lowest BCUT2D eigenvalue weighted by atomic mass is 10.2. The molecule has 0 aliphatic rings. The average Bonchev–Trinajstić information content (AvgIpc) is 3.03. The monoisotopic (exact) mass is 345 g/mol. The third-order valence-corrected chi connectivity index (χ3v) is 4.30. The standard InChI is InChI=1S/C16H12ClN3O2S/c1-22-13-9-5-3-7-11(13)14(21)18-16-20-19-15(23-16)10-6-2-4-8-12(10)17/h2-9H,1H3,(H,18,20,21). The SMILES string of the molecule is COc1ccccc1C(=O)Nc1nnc(-c2ccccc2Cl)s1. The maximum absolute atomic E-state index is 12.3. The highest BCUT2D eigenvalue weighted by atomic mass is 35.5. The van der Waals surface area contributed by atoms with Crippen molar-refractivity contribution in [2.45, 2.75) is 0 Å². The molecular formula is C16H12ClN3O2S. The molecule has 0 aliphatic heterocycles. The molecule has 7 heteroatoms. The van der Waals surface area contributed by atoms with Crippen molar-refractivity contribution < 1.29 is 9.53 Å². The van der Waals surface area contributed by atoms with Crippen LogP contribution in [0.3, 0.4) is 0 Å². The molecule has 2 aromatic carbocycles. The molecule has 1 aromatic heterocycles. The molecule has 23 heavy (non-hydrogen) atoms. The predicted molar refractivity (Wildman–Crippen MR) is 91.3 cm³/mol. The number of methoxy groups -OCH3 is 1. The summed E-state index contributed by atoms with van der Waals surface area (Å²) >= 11 is 7.40. The summed E-state index contributed by atoms with van der Waals surface area (Å²) in [7, 11) is 1.52. The minimum Gasteiger partial charge on any atom is -0.496 e. The topological polar surface area (TPSA) is 64.1 Å². The molecule has 116 valence electrons. The molecule has 0 atom stereocenters. The van der Waals surface area contributed by atoms with Crippen molar-refractivity contribution in [3.05, 3.63) is 59.1 Å². The first kappa shape index (κ1) is 15.5. The van der Waals surface area contributed by atoms with Crippen molar-refractivity contribution in [1.82, 2.24) is 10.2 Å². The zero-order valence-corrected chi connectivity index (χ0v) is 13.7. The van der Waals surface area contributed by atoms with Crippen molar-refractivity contribution >= 4 is 34.0 Å². The van der Waals surface area contributed by atoms with E-state index in [9.17, 15) is 4.79 Å². The second-order valence-electron chi connectivity index (χ2n) is 4.55. The maximum atomic E-state index is 12.3. The highest BCUT2D eigenvalue weighted by molar-refractivity contribution is 7.18. The first-order valence-corrected chi connectivity index (χ1v) is 7.91. The fraction of sp³-hybridized carbons (Fsp3) is 0.0625. The summed E-state index contributed by atoms with van der Waals surface area (Å²) in [5.41, 5.74) is 1.22. The number of ether oxygens (including phenoxy) is 1. The van der Waals surface area contributed by atoms with Gasteiger partial charge in [-0.2, -0.15) is 0 Å². The number of anilines is 1. The zero-order valence-electron chi connectivity index (χ0n) is 12.1. The highest BCUT2D eigenvalue weighted by Gasteiger charge is 2.15. The first-order valence-electron chi connectivity index (χ1n) is 6.72. The molecule has 0 bridgehead atoms. The number of nitrogens with zero attached hydrogens (tertiary/aromatic N) is 2. The van der Waals surface area contributed by atoms with Crippen LogP contribution < -0.4 is 10.1 Å². The van der Waals surface area contributed by atoms with Crippen molar-refractivity contribution in [2.24, 2.45) is 0 Å². The number of amides is 1. The normalized spacial score (nSPS) is 10.3. The lowest BCUT2D eigenvalue weighted by Gasteiger charge is -2.06. The molecule has 0 saturated carbocycles. The number of para-hydroxylation sites is 1. The molecule has 0 aliphatic carbocycles. The molecule has 1 heterocycles. The summed E-state index contributed by atoms with van der Waals surface area (Å²) in [4.78, 5) is 12.3. The van der Waals surface area contributed by atoms with Crippen LogP contribution in [0, 0.1) is 0 Å². The molecule has 1 N–H and O–H groups in total. The van der Waals surface area contributed by atoms with Gasteiger partial charge in [-0.1, -0.05) is 53.3 Å². The summed E-state index contributed by atoms with van der Waals surface area (Å²) < 4.78 is 5.18. The second kappa shape index (κ2) is 6.76. The van der Waals surface area contributed by atoms with E-state index in [4.69, 9.17) is 16.3 Å². The molecule has 0 saturated heterocycles. The number of hydrogen-bond acceptors (Lipinski definition) is 5. The van der Waals surface area contributed by atoms with Crippen molar-refractivity contribution in [2.75, 3.05) is 12.4 Å². The molecule has 0 radical (unpaired) electrons. The third-order valence-electron chi connectivity index (χ3n) is 3.10. The van der Waals surface area contributed by atoms with E-state index in [1.807, 2.05) is 18.2 Å². The molecular weight excluding hydrogens is 334 g/mol. The van der Waals surface area contributed by atoms with Gasteiger partial charge in [0.15, 0.2) is 5.01 Å². The van der Waals surface area contributed by atoms with Crippen LogP contribution >= 0.6 is 22.9 Å². The van der Waals surface area contributed by atoms with Crippen LogP contribution in [0.25, 0.3) is 10.6 Å². The van der Waals surface area contributed by atoms with Crippen molar-refractivity contribution in [1.29, 1.82) is 0 Å². The van der Waals surface area contributed by atoms with E-state index < -0.39 is 0 Å². The second-order valence-corrected chi connectivity index (χ2v) is 5.93. The summed E-state index contributed by atoms with van der Waals surface area (Å²) in [5.74, 6) is 0.199. The Morgan fingerprint density at radius 1 is 1.13 bits per heavy atom. The molecule has 1 amide bonds. The fourth-order valence-electron chi connectivity index (χ4n) is 2.01. The van der Waals surface area contributed by atoms with Crippen molar-refractivity contribution in [3.63, 3.8) is 0 Å². The van der Waals surface area contributed by atoms with Gasteiger partial charge in [0.05, 0.1) is 17.7 Å². The number of benzene rings is 2. The Kier molecular flexibility index (Phi) is 4.55. The number of hydrogen-bond donors (Lipinski definition) is 1. The Hall–Kier alpha value is -2.44. The average molecular weight is 346 g/mol. The summed E-state index contributed by atoms with van der Waals surface area (Å²) in [6.45, 7) is 0. The molecule has 0 unspecified atom stereocenters. The summed E-state index contributed by atoms with van der Waals surface area (Å²) in [6.07, 6.45) is 0. The van der Waals surface area contributed by atoms with Gasteiger partial charge in [0, 0.05) is 5.56 Å². The summed E-state index contributed by atoms with van der Waals surface area (Å²) in [6, 6.07) is 14.3. The Bertz CT molecular complexity index is 851. The van der Waals surface area contributed by atoms with Gasteiger partial charge in [-0.25, -0.2) is 0 Å². The van der Waals surface area contributed by atoms with Crippen LogP contribution in [0.1, 0.15) is 10.4 Å². The van der Waals surface area contributed by atoms with Gasteiger partial charge >= 0.3 is 0 Å². The van der Waals surface area contributed by atoms with Crippen molar-refractivity contribution in [3.8, 4) is 16.3 Å². The van der Waals surface area contributed by atoms with Crippen LogP contribution in [-0.4, -0.2) is 23.2 Å². The van der Waals surface area contributed by atoms with E-state index in [-0.39, 0.29) is 5.91 Å². The number of carbonyl (C=O) groups excluding carboxylic acids is 1. The molecule has 3 aromatic rings. The van der Waals surface area contributed by atoms with Crippen LogP contribution in [0.15, 0.2) is 48.5 Å². The lowest BCUT2D eigenvalue weighted by Crippen LogP contribution is -2.12. The Morgan fingerprint density at radius 3 is 2.65 bits per heavy atom. The third kappa shape index (κ3) is 3.33. The largest absolute Gasteiger partial charge is 0.496 e. The Labute approximate surface area is 141 Å². The van der Waals surface area contributed by atoms with Crippen LogP contribution in [0.5, 0.6) is 5.75 Å². The van der Waals surface area contributed by atoms with Crippen LogP contribution in [0.4, 0.5) is 5.13 Å². The summed E-state index contributed by atoms with van der Waals surface area (Å²) in [5, 5.41) is 12.4. The van der Waals surface area contributed by atoms with E-state index in [0.29, 0.717) is 26.5 Å².